The number of aryl methyl sites for hydroxylation is 1. The van der Waals surface area contributed by atoms with Crippen LogP contribution < -0.4 is 4.90 Å². The van der Waals surface area contributed by atoms with E-state index in [1.165, 1.54) is 0 Å². The third-order valence-electron chi connectivity index (χ3n) is 4.68. The second kappa shape index (κ2) is 6.59. The van der Waals surface area contributed by atoms with Crippen molar-refractivity contribution in [3.05, 3.63) is 54.0 Å². The zero-order chi connectivity index (χ0) is 17.2. The van der Waals surface area contributed by atoms with E-state index in [9.17, 15) is 4.79 Å². The molecule has 0 atom stereocenters. The standard InChI is InChI=1S/C19H24N4O/c1-15-20-10-9-17(21-15)22-11-13-23(14-12-22)18(24)19(2,3)16-7-5-4-6-8-16/h4-10H,11-14H2,1-3H3. The van der Waals surface area contributed by atoms with Crippen LogP contribution in [0.15, 0.2) is 42.6 Å². The fraction of sp³-hybridized carbons (Fsp3) is 0.421. The van der Waals surface area contributed by atoms with Gasteiger partial charge in [-0.3, -0.25) is 4.79 Å². The van der Waals surface area contributed by atoms with Gasteiger partial charge in [0.2, 0.25) is 5.91 Å². The summed E-state index contributed by atoms with van der Waals surface area (Å²) < 4.78 is 0. The Morgan fingerprint density at radius 3 is 2.33 bits per heavy atom. The number of aromatic nitrogens is 2. The molecule has 0 bridgehead atoms. The van der Waals surface area contributed by atoms with Gasteiger partial charge >= 0.3 is 0 Å². The first kappa shape index (κ1) is 16.4. The predicted molar refractivity (Wildman–Crippen MR) is 95.0 cm³/mol. The second-order valence-electron chi connectivity index (χ2n) is 6.73. The smallest absolute Gasteiger partial charge is 0.232 e. The first-order chi connectivity index (χ1) is 11.5. The lowest BCUT2D eigenvalue weighted by molar-refractivity contribution is -0.136. The quantitative estimate of drug-likeness (QED) is 0.870. The van der Waals surface area contributed by atoms with E-state index in [-0.39, 0.29) is 5.91 Å². The molecule has 0 spiro atoms. The maximum Gasteiger partial charge on any atom is 0.232 e. The summed E-state index contributed by atoms with van der Waals surface area (Å²) in [6, 6.07) is 11.9. The maximum atomic E-state index is 13.0. The molecule has 5 heteroatoms. The van der Waals surface area contributed by atoms with Gasteiger partial charge in [0, 0.05) is 32.4 Å². The van der Waals surface area contributed by atoms with E-state index in [4.69, 9.17) is 0 Å². The highest BCUT2D eigenvalue weighted by atomic mass is 16.2. The Kier molecular flexibility index (Phi) is 4.51. The molecule has 24 heavy (non-hydrogen) atoms. The van der Waals surface area contributed by atoms with Crippen LogP contribution in [-0.2, 0) is 10.2 Å². The maximum absolute atomic E-state index is 13.0. The van der Waals surface area contributed by atoms with Gasteiger partial charge in [0.1, 0.15) is 11.6 Å². The summed E-state index contributed by atoms with van der Waals surface area (Å²) in [6.45, 7) is 8.94. The summed E-state index contributed by atoms with van der Waals surface area (Å²) in [7, 11) is 0. The van der Waals surface area contributed by atoms with Crippen LogP contribution in [0.1, 0.15) is 25.2 Å². The highest BCUT2D eigenvalue weighted by molar-refractivity contribution is 5.87. The van der Waals surface area contributed by atoms with Gasteiger partial charge in [0.15, 0.2) is 0 Å². The molecule has 1 aliphatic rings. The number of amides is 1. The van der Waals surface area contributed by atoms with Gasteiger partial charge in [-0.25, -0.2) is 9.97 Å². The van der Waals surface area contributed by atoms with Gasteiger partial charge in [0.05, 0.1) is 5.41 Å². The van der Waals surface area contributed by atoms with Gasteiger partial charge in [-0.05, 0) is 32.4 Å². The average Bonchev–Trinajstić information content (AvgIpc) is 2.62. The summed E-state index contributed by atoms with van der Waals surface area (Å²) in [5.41, 5.74) is 0.554. The van der Waals surface area contributed by atoms with Crippen molar-refractivity contribution in [2.75, 3.05) is 31.1 Å². The van der Waals surface area contributed by atoms with E-state index in [1.807, 2.05) is 62.1 Å². The predicted octanol–water partition coefficient (Wildman–Crippen LogP) is 2.41. The van der Waals surface area contributed by atoms with Crippen LogP contribution in [0.2, 0.25) is 0 Å². The van der Waals surface area contributed by atoms with E-state index in [1.54, 1.807) is 6.20 Å². The molecule has 126 valence electrons. The van der Waals surface area contributed by atoms with Crippen molar-refractivity contribution in [3.8, 4) is 0 Å². The van der Waals surface area contributed by atoms with Crippen molar-refractivity contribution in [1.82, 2.24) is 14.9 Å². The van der Waals surface area contributed by atoms with Crippen LogP contribution in [0.4, 0.5) is 5.82 Å². The number of benzene rings is 1. The third-order valence-corrected chi connectivity index (χ3v) is 4.68. The fourth-order valence-electron chi connectivity index (χ4n) is 3.13. The van der Waals surface area contributed by atoms with Gasteiger partial charge in [0.25, 0.3) is 0 Å². The molecule has 5 nitrogen and oxygen atoms in total. The number of carbonyl (C=O) groups is 1. The van der Waals surface area contributed by atoms with Crippen molar-refractivity contribution >= 4 is 11.7 Å². The summed E-state index contributed by atoms with van der Waals surface area (Å²) in [5.74, 6) is 1.90. The van der Waals surface area contributed by atoms with Crippen molar-refractivity contribution in [2.45, 2.75) is 26.2 Å². The molecule has 1 aliphatic heterocycles. The highest BCUT2D eigenvalue weighted by Crippen LogP contribution is 2.26. The van der Waals surface area contributed by atoms with E-state index >= 15 is 0 Å². The van der Waals surface area contributed by atoms with Crippen LogP contribution in [0.25, 0.3) is 0 Å². The number of piperazine rings is 1. The van der Waals surface area contributed by atoms with Gasteiger partial charge in [-0.1, -0.05) is 30.3 Å². The minimum atomic E-state index is -0.505. The first-order valence-electron chi connectivity index (χ1n) is 8.38. The molecule has 1 amide bonds. The number of hydrogen-bond acceptors (Lipinski definition) is 4. The molecule has 0 N–H and O–H groups in total. The molecule has 0 unspecified atom stereocenters. The molecule has 1 saturated heterocycles. The van der Waals surface area contributed by atoms with Crippen LogP contribution in [-0.4, -0.2) is 47.0 Å². The topological polar surface area (TPSA) is 49.3 Å². The zero-order valence-electron chi connectivity index (χ0n) is 14.6. The largest absolute Gasteiger partial charge is 0.353 e. The van der Waals surface area contributed by atoms with E-state index in [0.717, 1.165) is 43.4 Å². The summed E-state index contributed by atoms with van der Waals surface area (Å²) in [5, 5.41) is 0. The van der Waals surface area contributed by atoms with Crippen molar-refractivity contribution in [3.63, 3.8) is 0 Å². The monoisotopic (exact) mass is 324 g/mol. The first-order valence-corrected chi connectivity index (χ1v) is 8.38. The number of rotatable bonds is 3. The van der Waals surface area contributed by atoms with Crippen molar-refractivity contribution in [1.29, 1.82) is 0 Å². The molecule has 2 aromatic rings. The number of anilines is 1. The number of hydrogen-bond donors (Lipinski definition) is 0. The molecular formula is C19H24N4O. The minimum Gasteiger partial charge on any atom is -0.353 e. The average molecular weight is 324 g/mol. The van der Waals surface area contributed by atoms with Gasteiger partial charge in [-0.2, -0.15) is 0 Å². The lowest BCUT2D eigenvalue weighted by Gasteiger charge is -2.39. The van der Waals surface area contributed by atoms with E-state index in [2.05, 4.69) is 14.9 Å². The Hall–Kier alpha value is -2.43. The normalized spacial score (nSPS) is 15.5. The molecule has 0 saturated carbocycles. The molecule has 2 heterocycles. The van der Waals surface area contributed by atoms with Crippen molar-refractivity contribution in [2.24, 2.45) is 0 Å². The minimum absolute atomic E-state index is 0.187. The Labute approximate surface area is 143 Å². The van der Waals surface area contributed by atoms with Crippen LogP contribution in [0.3, 0.4) is 0 Å². The summed E-state index contributed by atoms with van der Waals surface area (Å²) >= 11 is 0. The lowest BCUT2D eigenvalue weighted by atomic mass is 9.83. The van der Waals surface area contributed by atoms with Crippen molar-refractivity contribution < 1.29 is 4.79 Å². The molecule has 0 aliphatic carbocycles. The van der Waals surface area contributed by atoms with E-state index in [0.29, 0.717) is 0 Å². The van der Waals surface area contributed by atoms with Crippen LogP contribution in [0.5, 0.6) is 0 Å². The highest BCUT2D eigenvalue weighted by Gasteiger charge is 2.35. The van der Waals surface area contributed by atoms with Gasteiger partial charge in [-0.15, -0.1) is 0 Å². The second-order valence-corrected chi connectivity index (χ2v) is 6.73. The number of nitrogens with zero attached hydrogens (tertiary/aromatic N) is 4. The van der Waals surface area contributed by atoms with E-state index < -0.39 is 5.41 Å². The van der Waals surface area contributed by atoms with Crippen LogP contribution in [0, 0.1) is 6.92 Å². The zero-order valence-corrected chi connectivity index (χ0v) is 14.6. The third kappa shape index (κ3) is 3.25. The Morgan fingerprint density at radius 2 is 1.71 bits per heavy atom. The molecule has 1 aromatic carbocycles. The Morgan fingerprint density at radius 1 is 1.04 bits per heavy atom. The van der Waals surface area contributed by atoms with Crippen LogP contribution >= 0.6 is 0 Å². The molecule has 1 aromatic heterocycles. The Balaban J connectivity index is 1.67. The fourth-order valence-corrected chi connectivity index (χ4v) is 3.13. The summed E-state index contributed by atoms with van der Waals surface area (Å²) in [6.07, 6.45) is 1.79. The van der Waals surface area contributed by atoms with Gasteiger partial charge < -0.3 is 9.80 Å². The lowest BCUT2D eigenvalue weighted by Crippen LogP contribution is -2.53. The SMILES string of the molecule is Cc1nccc(N2CCN(C(=O)C(C)(C)c3ccccc3)CC2)n1. The molecule has 0 radical (unpaired) electrons. The molecule has 3 rings (SSSR count). The summed E-state index contributed by atoms with van der Waals surface area (Å²) in [4.78, 5) is 25.8. The molecule has 1 fully saturated rings. The molecular weight excluding hydrogens is 300 g/mol. The Bertz CT molecular complexity index is 706. The number of carbonyl (C=O) groups excluding carboxylic acids is 1.